The number of nitriles is 1. The third kappa shape index (κ3) is 6.85. The maximum atomic E-state index is 13.4. The summed E-state index contributed by atoms with van der Waals surface area (Å²) in [6.07, 6.45) is 3.05. The van der Waals surface area contributed by atoms with Gasteiger partial charge in [-0.3, -0.25) is 14.9 Å². The first-order chi connectivity index (χ1) is 21.2. The van der Waals surface area contributed by atoms with Gasteiger partial charge in [-0.05, 0) is 56.2 Å². The molecule has 0 spiro atoms. The highest BCUT2D eigenvalue weighted by Crippen LogP contribution is 2.33. The van der Waals surface area contributed by atoms with Gasteiger partial charge in [-0.2, -0.15) is 5.26 Å². The standard InChI is InChI=1S/C32H28N8O4/c1-20-12-21(2)31(22(3)13-20)44-29-14-30(36-25-10-8-23(15-33)9-11-25)34-17-27(29)32(41)35-16-26-19-39(38-37-26)18-24-6-4-5-7-28(24)40(42)43/h4-14,17,19H,16,18H2,1-3H3,(H,34,36)(H,35,41). The molecule has 0 saturated heterocycles. The van der Waals surface area contributed by atoms with Crippen LogP contribution in [0, 0.1) is 42.2 Å². The fourth-order valence-corrected chi connectivity index (χ4v) is 4.73. The monoisotopic (exact) mass is 588 g/mol. The minimum absolute atomic E-state index is 0.00551. The van der Waals surface area contributed by atoms with E-state index in [-0.39, 0.29) is 24.3 Å². The fraction of sp³-hybridized carbons (Fsp3) is 0.156. The Kier molecular flexibility index (Phi) is 8.57. The Morgan fingerprint density at radius 2 is 1.80 bits per heavy atom. The van der Waals surface area contributed by atoms with E-state index < -0.39 is 10.8 Å². The van der Waals surface area contributed by atoms with Crippen molar-refractivity contribution in [1.29, 1.82) is 5.26 Å². The SMILES string of the molecule is Cc1cc(C)c(Oc2cc(Nc3ccc(C#N)cc3)ncc2C(=O)NCc2cn(Cc3ccccc3[N+](=O)[O-])nn2)c(C)c1. The Morgan fingerprint density at radius 1 is 1.07 bits per heavy atom. The van der Waals surface area contributed by atoms with E-state index in [9.17, 15) is 14.9 Å². The second kappa shape index (κ2) is 12.8. The Bertz CT molecular complexity index is 1870. The first kappa shape index (κ1) is 29.4. The number of carbonyl (C=O) groups is 1. The zero-order valence-electron chi connectivity index (χ0n) is 24.2. The van der Waals surface area contributed by atoms with Crippen LogP contribution < -0.4 is 15.4 Å². The molecule has 5 aromatic rings. The zero-order valence-corrected chi connectivity index (χ0v) is 24.2. The number of nitro groups is 1. The molecule has 12 heteroatoms. The smallest absolute Gasteiger partial charge is 0.274 e. The van der Waals surface area contributed by atoms with Crippen LogP contribution >= 0.6 is 0 Å². The number of aromatic nitrogens is 4. The van der Waals surface area contributed by atoms with Gasteiger partial charge in [0, 0.05) is 24.0 Å². The van der Waals surface area contributed by atoms with Crippen molar-refractivity contribution in [3.63, 3.8) is 0 Å². The molecule has 3 aromatic carbocycles. The van der Waals surface area contributed by atoms with E-state index in [0.717, 1.165) is 16.7 Å². The average molecular weight is 589 g/mol. The summed E-state index contributed by atoms with van der Waals surface area (Å²) in [4.78, 5) is 28.7. The number of nitrogens with one attached hydrogen (secondary N) is 2. The predicted molar refractivity (Wildman–Crippen MR) is 163 cm³/mol. The summed E-state index contributed by atoms with van der Waals surface area (Å²) in [5.41, 5.74) is 5.34. The molecule has 12 nitrogen and oxygen atoms in total. The number of nitro benzene ring substituents is 1. The molecule has 1 amide bonds. The molecular weight excluding hydrogens is 560 g/mol. The van der Waals surface area contributed by atoms with Crippen molar-refractivity contribution in [2.75, 3.05) is 5.32 Å². The third-order valence-corrected chi connectivity index (χ3v) is 6.75. The summed E-state index contributed by atoms with van der Waals surface area (Å²) >= 11 is 0. The largest absolute Gasteiger partial charge is 0.456 e. The molecule has 2 aromatic heterocycles. The van der Waals surface area contributed by atoms with Crippen molar-refractivity contribution in [3.05, 3.63) is 128 Å². The maximum absolute atomic E-state index is 13.4. The minimum atomic E-state index is -0.439. The van der Waals surface area contributed by atoms with Crippen LogP contribution in [0.5, 0.6) is 11.5 Å². The van der Waals surface area contributed by atoms with Crippen molar-refractivity contribution in [1.82, 2.24) is 25.3 Å². The molecule has 0 bridgehead atoms. The lowest BCUT2D eigenvalue weighted by molar-refractivity contribution is -0.385. The van der Waals surface area contributed by atoms with Crippen LogP contribution in [0.25, 0.3) is 0 Å². The highest BCUT2D eigenvalue weighted by Gasteiger charge is 2.19. The minimum Gasteiger partial charge on any atom is -0.456 e. The van der Waals surface area contributed by atoms with Gasteiger partial charge in [-0.15, -0.1) is 5.10 Å². The van der Waals surface area contributed by atoms with Crippen molar-refractivity contribution in [2.24, 2.45) is 0 Å². The molecule has 44 heavy (non-hydrogen) atoms. The van der Waals surface area contributed by atoms with Crippen molar-refractivity contribution < 1.29 is 14.5 Å². The lowest BCUT2D eigenvalue weighted by Gasteiger charge is -2.16. The number of amides is 1. The Hall–Kier alpha value is -6.09. The lowest BCUT2D eigenvalue weighted by Crippen LogP contribution is -2.24. The molecule has 0 aliphatic heterocycles. The van der Waals surface area contributed by atoms with Crippen molar-refractivity contribution in [3.8, 4) is 17.6 Å². The van der Waals surface area contributed by atoms with Gasteiger partial charge in [0.25, 0.3) is 11.6 Å². The van der Waals surface area contributed by atoms with Gasteiger partial charge in [0.1, 0.15) is 28.6 Å². The number of carbonyl (C=O) groups excluding carboxylic acids is 1. The van der Waals surface area contributed by atoms with Gasteiger partial charge in [0.2, 0.25) is 0 Å². The molecule has 5 rings (SSSR count). The number of para-hydroxylation sites is 1. The maximum Gasteiger partial charge on any atom is 0.274 e. The van der Waals surface area contributed by atoms with E-state index in [4.69, 9.17) is 10.00 Å². The lowest BCUT2D eigenvalue weighted by atomic mass is 10.1. The van der Waals surface area contributed by atoms with E-state index in [1.54, 1.807) is 54.7 Å². The number of ether oxygens (including phenoxy) is 1. The van der Waals surface area contributed by atoms with Crippen LogP contribution in [0.3, 0.4) is 0 Å². The van der Waals surface area contributed by atoms with Gasteiger partial charge in [-0.25, -0.2) is 9.67 Å². The van der Waals surface area contributed by atoms with E-state index in [1.807, 2.05) is 32.9 Å². The highest BCUT2D eigenvalue weighted by molar-refractivity contribution is 5.97. The van der Waals surface area contributed by atoms with E-state index >= 15 is 0 Å². The van der Waals surface area contributed by atoms with Crippen molar-refractivity contribution >= 4 is 23.1 Å². The molecule has 0 fully saturated rings. The van der Waals surface area contributed by atoms with Crippen LogP contribution in [-0.2, 0) is 13.1 Å². The van der Waals surface area contributed by atoms with E-state index in [0.29, 0.717) is 39.8 Å². The van der Waals surface area contributed by atoms with Gasteiger partial charge in [-0.1, -0.05) is 41.1 Å². The highest BCUT2D eigenvalue weighted by atomic mass is 16.6. The molecular formula is C32H28N8O4. The van der Waals surface area contributed by atoms with Crippen LogP contribution in [0.15, 0.2) is 79.1 Å². The second-order valence-corrected chi connectivity index (χ2v) is 10.2. The Balaban J connectivity index is 1.36. The zero-order chi connectivity index (χ0) is 31.2. The molecule has 0 radical (unpaired) electrons. The van der Waals surface area contributed by atoms with Gasteiger partial charge in [0.15, 0.2) is 0 Å². The predicted octanol–water partition coefficient (Wildman–Crippen LogP) is 5.89. The molecule has 2 N–H and O–H groups in total. The normalized spacial score (nSPS) is 10.6. The average Bonchev–Trinajstić information content (AvgIpc) is 3.45. The topological polar surface area (TPSA) is 161 Å². The van der Waals surface area contributed by atoms with Crippen LogP contribution in [-0.4, -0.2) is 30.8 Å². The van der Waals surface area contributed by atoms with Crippen LogP contribution in [0.2, 0.25) is 0 Å². The summed E-state index contributed by atoms with van der Waals surface area (Å²) in [5, 5.41) is 34.6. The summed E-state index contributed by atoms with van der Waals surface area (Å²) < 4.78 is 7.82. The molecule has 0 unspecified atom stereocenters. The number of hydrogen-bond acceptors (Lipinski definition) is 9. The van der Waals surface area contributed by atoms with Gasteiger partial charge >= 0.3 is 0 Å². The number of nitrogens with zero attached hydrogens (tertiary/aromatic N) is 6. The summed E-state index contributed by atoms with van der Waals surface area (Å²) in [6.45, 7) is 6.11. The number of aryl methyl sites for hydroxylation is 3. The Labute approximate surface area is 253 Å². The summed E-state index contributed by atoms with van der Waals surface area (Å²) in [5.74, 6) is 0.941. The molecule has 0 atom stereocenters. The van der Waals surface area contributed by atoms with Gasteiger partial charge < -0.3 is 15.4 Å². The second-order valence-electron chi connectivity index (χ2n) is 10.2. The molecule has 0 saturated carbocycles. The Morgan fingerprint density at radius 3 is 2.50 bits per heavy atom. The molecule has 2 heterocycles. The first-order valence-electron chi connectivity index (χ1n) is 13.6. The van der Waals surface area contributed by atoms with E-state index in [2.05, 4.69) is 32.0 Å². The number of benzene rings is 3. The van der Waals surface area contributed by atoms with E-state index in [1.165, 1.54) is 16.9 Å². The van der Waals surface area contributed by atoms with Gasteiger partial charge in [0.05, 0.1) is 41.4 Å². The summed E-state index contributed by atoms with van der Waals surface area (Å²) in [7, 11) is 0. The number of anilines is 2. The van der Waals surface area contributed by atoms with Crippen LogP contribution in [0.1, 0.15) is 43.9 Å². The van der Waals surface area contributed by atoms with Crippen molar-refractivity contribution in [2.45, 2.75) is 33.9 Å². The molecule has 220 valence electrons. The molecule has 0 aliphatic rings. The first-order valence-corrected chi connectivity index (χ1v) is 13.6. The quantitative estimate of drug-likeness (QED) is 0.150. The number of pyridine rings is 1. The van der Waals surface area contributed by atoms with Crippen LogP contribution in [0.4, 0.5) is 17.2 Å². The fourth-order valence-electron chi connectivity index (χ4n) is 4.73. The third-order valence-electron chi connectivity index (χ3n) is 6.75. The number of rotatable bonds is 10. The molecule has 0 aliphatic carbocycles. The summed E-state index contributed by atoms with van der Waals surface area (Å²) in [6, 6.07) is 21.1. The number of hydrogen-bond donors (Lipinski definition) is 2.